The van der Waals surface area contributed by atoms with Crippen LogP contribution in [-0.2, 0) is 16.6 Å². The van der Waals surface area contributed by atoms with Crippen molar-refractivity contribution < 1.29 is 17.9 Å². The van der Waals surface area contributed by atoms with Crippen LogP contribution in [0.2, 0.25) is 0 Å². The molecule has 0 bridgehead atoms. The molecule has 3 aromatic rings. The molecular weight excluding hydrogens is 424 g/mol. The lowest BCUT2D eigenvalue weighted by molar-refractivity contribution is 0.102. The van der Waals surface area contributed by atoms with Crippen molar-refractivity contribution in [1.82, 2.24) is 0 Å². The number of amides is 1. The lowest BCUT2D eigenvalue weighted by Gasteiger charge is -2.21. The first-order valence-electron chi connectivity index (χ1n) is 10.2. The number of hydrogen-bond donors (Lipinski definition) is 1. The number of benzene rings is 3. The average Bonchev–Trinajstić information content (AvgIpc) is 2.74. The molecule has 1 N–H and O–H groups in total. The van der Waals surface area contributed by atoms with E-state index >= 15 is 0 Å². The van der Waals surface area contributed by atoms with Crippen molar-refractivity contribution in [3.05, 3.63) is 88.5 Å². The summed E-state index contributed by atoms with van der Waals surface area (Å²) in [5, 5.41) is 2.85. The molecule has 1 amide bonds. The van der Waals surface area contributed by atoms with E-state index in [1.165, 1.54) is 7.05 Å². The fourth-order valence-electron chi connectivity index (χ4n) is 3.17. The number of sulfonamides is 1. The minimum atomic E-state index is -3.49. The van der Waals surface area contributed by atoms with Gasteiger partial charge >= 0.3 is 0 Å². The summed E-state index contributed by atoms with van der Waals surface area (Å²) < 4.78 is 31.5. The number of anilines is 2. The second kappa shape index (κ2) is 9.44. The van der Waals surface area contributed by atoms with E-state index < -0.39 is 10.0 Å². The van der Waals surface area contributed by atoms with E-state index in [0.717, 1.165) is 32.8 Å². The van der Waals surface area contributed by atoms with E-state index in [0.29, 0.717) is 22.7 Å². The number of nitrogens with zero attached hydrogens (tertiary/aromatic N) is 1. The van der Waals surface area contributed by atoms with Crippen molar-refractivity contribution in [2.45, 2.75) is 27.4 Å². The first-order valence-corrected chi connectivity index (χ1v) is 12.0. The van der Waals surface area contributed by atoms with Crippen molar-refractivity contribution >= 4 is 27.3 Å². The van der Waals surface area contributed by atoms with Crippen LogP contribution >= 0.6 is 0 Å². The monoisotopic (exact) mass is 452 g/mol. The third kappa shape index (κ3) is 5.68. The normalized spacial score (nSPS) is 11.2. The molecule has 0 fully saturated rings. The highest BCUT2D eigenvalue weighted by Crippen LogP contribution is 2.33. The van der Waals surface area contributed by atoms with Crippen molar-refractivity contribution in [3.8, 4) is 5.75 Å². The van der Waals surface area contributed by atoms with E-state index in [-0.39, 0.29) is 12.5 Å². The van der Waals surface area contributed by atoms with Gasteiger partial charge in [-0.05, 0) is 56.2 Å². The maximum absolute atomic E-state index is 12.6. The van der Waals surface area contributed by atoms with Gasteiger partial charge in [0.2, 0.25) is 10.0 Å². The smallest absolute Gasteiger partial charge is 0.255 e. The zero-order valence-electron chi connectivity index (χ0n) is 19.0. The maximum atomic E-state index is 12.6. The zero-order chi connectivity index (χ0) is 23.5. The van der Waals surface area contributed by atoms with E-state index in [2.05, 4.69) is 5.32 Å². The molecule has 0 aliphatic heterocycles. The van der Waals surface area contributed by atoms with Gasteiger partial charge in [-0.3, -0.25) is 9.10 Å². The minimum Gasteiger partial charge on any atom is -0.487 e. The van der Waals surface area contributed by atoms with Crippen LogP contribution in [0.15, 0.2) is 60.7 Å². The Hall–Kier alpha value is -3.32. The van der Waals surface area contributed by atoms with E-state index in [4.69, 9.17) is 4.74 Å². The topological polar surface area (TPSA) is 75.7 Å². The van der Waals surface area contributed by atoms with Gasteiger partial charge in [-0.2, -0.15) is 0 Å². The highest BCUT2D eigenvalue weighted by Gasteiger charge is 2.18. The second-order valence-corrected chi connectivity index (χ2v) is 9.97. The van der Waals surface area contributed by atoms with Gasteiger partial charge in [0, 0.05) is 24.4 Å². The summed E-state index contributed by atoms with van der Waals surface area (Å²) in [6.07, 6.45) is 1.13. The first kappa shape index (κ1) is 23.3. The van der Waals surface area contributed by atoms with Crippen LogP contribution < -0.4 is 14.4 Å². The summed E-state index contributed by atoms with van der Waals surface area (Å²) in [5.41, 5.74) is 5.71. The van der Waals surface area contributed by atoms with E-state index in [1.54, 1.807) is 30.3 Å². The average molecular weight is 453 g/mol. The first-order chi connectivity index (χ1) is 15.0. The Morgan fingerprint density at radius 3 is 2.25 bits per heavy atom. The molecule has 3 aromatic carbocycles. The molecule has 0 saturated heterocycles. The largest absolute Gasteiger partial charge is 0.487 e. The van der Waals surface area contributed by atoms with Crippen LogP contribution in [0.5, 0.6) is 5.75 Å². The minimum absolute atomic E-state index is 0.255. The van der Waals surface area contributed by atoms with Gasteiger partial charge in [-0.25, -0.2) is 8.42 Å². The van der Waals surface area contributed by atoms with Crippen LogP contribution in [0.3, 0.4) is 0 Å². The SMILES string of the molecule is Cc1ccc(C(=O)Nc2ccc(N(C)S(C)(=O)=O)c(OCc3cc(C)ccc3C)c2)cc1. The van der Waals surface area contributed by atoms with Gasteiger partial charge in [0.25, 0.3) is 5.91 Å². The molecule has 0 atom stereocenters. The standard InChI is InChI=1S/C25H28N2O4S/c1-17-7-10-20(11-8-17)25(28)26-22-12-13-23(27(4)32(5,29)30)24(15-22)31-16-21-14-18(2)6-9-19(21)3/h6-15H,16H2,1-5H3,(H,26,28). The number of hydrogen-bond acceptors (Lipinski definition) is 4. The Morgan fingerprint density at radius 2 is 1.59 bits per heavy atom. The molecule has 0 unspecified atom stereocenters. The molecule has 0 radical (unpaired) electrons. The van der Waals surface area contributed by atoms with Crippen molar-refractivity contribution in [2.75, 3.05) is 22.9 Å². The Balaban J connectivity index is 1.91. The molecule has 0 aliphatic carbocycles. The predicted molar refractivity (Wildman–Crippen MR) is 129 cm³/mol. The third-order valence-electron chi connectivity index (χ3n) is 5.26. The lowest BCUT2D eigenvalue weighted by Crippen LogP contribution is -2.25. The lowest BCUT2D eigenvalue weighted by atomic mass is 10.1. The summed E-state index contributed by atoms with van der Waals surface area (Å²) in [4.78, 5) is 12.6. The van der Waals surface area contributed by atoms with Gasteiger partial charge in [-0.15, -0.1) is 0 Å². The number of rotatable bonds is 7. The summed E-state index contributed by atoms with van der Waals surface area (Å²) in [7, 11) is -2.02. The molecule has 7 heteroatoms. The Morgan fingerprint density at radius 1 is 0.938 bits per heavy atom. The Kier molecular flexibility index (Phi) is 6.89. The van der Waals surface area contributed by atoms with Crippen molar-refractivity contribution in [2.24, 2.45) is 0 Å². The maximum Gasteiger partial charge on any atom is 0.255 e. The summed E-state index contributed by atoms with van der Waals surface area (Å²) in [6.45, 7) is 6.23. The molecule has 32 heavy (non-hydrogen) atoms. The molecule has 0 heterocycles. The molecule has 6 nitrogen and oxygen atoms in total. The highest BCUT2D eigenvalue weighted by atomic mass is 32.2. The molecule has 168 valence electrons. The highest BCUT2D eigenvalue weighted by molar-refractivity contribution is 7.92. The molecular formula is C25H28N2O4S. The molecule has 3 rings (SSSR count). The molecule has 0 aliphatic rings. The summed E-state index contributed by atoms with van der Waals surface area (Å²) >= 11 is 0. The second-order valence-electron chi connectivity index (χ2n) is 7.95. The van der Waals surface area contributed by atoms with Gasteiger partial charge in [0.05, 0.1) is 11.9 Å². The number of carbonyl (C=O) groups is 1. The van der Waals surface area contributed by atoms with Gasteiger partial charge in [0.1, 0.15) is 12.4 Å². The zero-order valence-corrected chi connectivity index (χ0v) is 19.8. The number of aryl methyl sites for hydroxylation is 3. The third-order valence-corrected chi connectivity index (χ3v) is 6.45. The predicted octanol–water partition coefficient (Wildman–Crippen LogP) is 4.84. The summed E-state index contributed by atoms with van der Waals surface area (Å²) in [6, 6.07) is 18.3. The van der Waals surface area contributed by atoms with E-state index in [9.17, 15) is 13.2 Å². The Labute approximate surface area is 189 Å². The van der Waals surface area contributed by atoms with Gasteiger partial charge in [-0.1, -0.05) is 41.5 Å². The van der Waals surface area contributed by atoms with Crippen LogP contribution in [0.4, 0.5) is 11.4 Å². The van der Waals surface area contributed by atoms with Crippen molar-refractivity contribution in [1.29, 1.82) is 0 Å². The molecule has 0 saturated carbocycles. The van der Waals surface area contributed by atoms with Crippen LogP contribution in [0, 0.1) is 20.8 Å². The molecule has 0 spiro atoms. The van der Waals surface area contributed by atoms with Crippen molar-refractivity contribution in [3.63, 3.8) is 0 Å². The van der Waals surface area contributed by atoms with Gasteiger partial charge < -0.3 is 10.1 Å². The van der Waals surface area contributed by atoms with Gasteiger partial charge in [0.15, 0.2) is 0 Å². The quantitative estimate of drug-likeness (QED) is 0.557. The van der Waals surface area contributed by atoms with Crippen LogP contribution in [0.25, 0.3) is 0 Å². The number of ether oxygens (including phenoxy) is 1. The number of nitrogens with one attached hydrogen (secondary N) is 1. The van der Waals surface area contributed by atoms with E-state index in [1.807, 2.05) is 51.1 Å². The van der Waals surface area contributed by atoms with Crippen LogP contribution in [0.1, 0.15) is 32.6 Å². The fourth-order valence-corrected chi connectivity index (χ4v) is 3.67. The molecule has 0 aromatic heterocycles. The fraction of sp³-hybridized carbons (Fsp3) is 0.240. The van der Waals surface area contributed by atoms with Crippen LogP contribution in [-0.4, -0.2) is 27.6 Å². The number of carbonyl (C=O) groups excluding carboxylic acids is 1. The Bertz CT molecular complexity index is 1240. The summed E-state index contributed by atoms with van der Waals surface area (Å²) in [5.74, 6) is 0.107.